The number of likely N-dealkylation sites (tertiary alicyclic amines) is 1. The van der Waals surface area contributed by atoms with Gasteiger partial charge in [-0.3, -0.25) is 4.79 Å². The Bertz CT molecular complexity index is 1420. The summed E-state index contributed by atoms with van der Waals surface area (Å²) in [5.74, 6) is 0.752. The second kappa shape index (κ2) is 7.82. The SMILES string of the molecule is Cn1c(Cl)cc2c(OC3CC4(C3)CN(CCc3ccc5ccnnc5c3)C4)cccc2c1=O. The van der Waals surface area contributed by atoms with Gasteiger partial charge >= 0.3 is 0 Å². The van der Waals surface area contributed by atoms with Crippen LogP contribution in [0.4, 0.5) is 0 Å². The zero-order valence-electron chi connectivity index (χ0n) is 18.5. The molecule has 1 saturated heterocycles. The molecule has 1 aliphatic carbocycles. The molecule has 0 N–H and O–H groups in total. The fourth-order valence-electron chi connectivity index (χ4n) is 5.43. The highest BCUT2D eigenvalue weighted by molar-refractivity contribution is 6.30. The number of fused-ring (bicyclic) bond motifs is 2. The lowest BCUT2D eigenvalue weighted by atomic mass is 9.61. The summed E-state index contributed by atoms with van der Waals surface area (Å²) in [6.45, 7) is 3.31. The largest absolute Gasteiger partial charge is 0.490 e. The zero-order valence-corrected chi connectivity index (χ0v) is 19.3. The van der Waals surface area contributed by atoms with E-state index in [2.05, 4.69) is 33.3 Å². The summed E-state index contributed by atoms with van der Waals surface area (Å²) >= 11 is 6.24. The number of ether oxygens (including phenoxy) is 1. The van der Waals surface area contributed by atoms with Gasteiger partial charge in [0.1, 0.15) is 10.9 Å². The predicted molar refractivity (Wildman–Crippen MR) is 130 cm³/mol. The first-order valence-corrected chi connectivity index (χ1v) is 11.8. The van der Waals surface area contributed by atoms with Crippen LogP contribution in [0.3, 0.4) is 0 Å². The van der Waals surface area contributed by atoms with Crippen LogP contribution in [0.5, 0.6) is 5.75 Å². The quantitative estimate of drug-likeness (QED) is 0.417. The highest BCUT2D eigenvalue weighted by atomic mass is 35.5. The summed E-state index contributed by atoms with van der Waals surface area (Å²) in [6.07, 6.45) is 5.07. The number of hydrogen-bond acceptors (Lipinski definition) is 5. The number of halogens is 1. The third-order valence-electron chi connectivity index (χ3n) is 7.22. The summed E-state index contributed by atoms with van der Waals surface area (Å²) in [5.41, 5.74) is 2.56. The Labute approximate surface area is 196 Å². The summed E-state index contributed by atoms with van der Waals surface area (Å²) in [5, 5.41) is 11.2. The van der Waals surface area contributed by atoms with Crippen LogP contribution in [-0.2, 0) is 13.5 Å². The topological polar surface area (TPSA) is 60.2 Å². The molecule has 0 unspecified atom stereocenters. The zero-order chi connectivity index (χ0) is 22.6. The van der Waals surface area contributed by atoms with Gasteiger partial charge in [-0.2, -0.15) is 10.2 Å². The number of benzene rings is 2. The van der Waals surface area contributed by atoms with E-state index in [9.17, 15) is 4.79 Å². The van der Waals surface area contributed by atoms with Crippen molar-refractivity contribution in [3.8, 4) is 5.75 Å². The highest BCUT2D eigenvalue weighted by Crippen LogP contribution is 2.50. The van der Waals surface area contributed by atoms with E-state index in [1.54, 1.807) is 13.2 Å². The average molecular weight is 461 g/mol. The number of hydrogen-bond donors (Lipinski definition) is 0. The first-order chi connectivity index (χ1) is 16.0. The van der Waals surface area contributed by atoms with Crippen molar-refractivity contribution in [2.45, 2.75) is 25.4 Å². The molecule has 2 aliphatic rings. The summed E-state index contributed by atoms with van der Waals surface area (Å²) in [7, 11) is 1.68. The van der Waals surface area contributed by atoms with Gasteiger partial charge in [-0.25, -0.2) is 0 Å². The summed E-state index contributed by atoms with van der Waals surface area (Å²) in [4.78, 5) is 15.0. The third-order valence-corrected chi connectivity index (χ3v) is 7.58. The van der Waals surface area contributed by atoms with Gasteiger partial charge < -0.3 is 14.2 Å². The smallest absolute Gasteiger partial charge is 0.259 e. The monoisotopic (exact) mass is 460 g/mol. The lowest BCUT2D eigenvalue weighted by Gasteiger charge is -2.58. The maximum atomic E-state index is 12.5. The Morgan fingerprint density at radius 2 is 1.97 bits per heavy atom. The Morgan fingerprint density at radius 3 is 2.82 bits per heavy atom. The van der Waals surface area contributed by atoms with Gasteiger partial charge in [0.2, 0.25) is 0 Å². The molecule has 0 amide bonds. The van der Waals surface area contributed by atoms with Crippen LogP contribution in [0.15, 0.2) is 59.5 Å². The lowest BCUT2D eigenvalue weighted by molar-refractivity contribution is -0.118. The van der Waals surface area contributed by atoms with Gasteiger partial charge in [0.15, 0.2) is 0 Å². The molecule has 1 aliphatic heterocycles. The highest BCUT2D eigenvalue weighted by Gasteiger charge is 2.53. The number of aromatic nitrogens is 3. The molecular weight excluding hydrogens is 436 g/mol. The van der Waals surface area contributed by atoms with Crippen LogP contribution in [0.25, 0.3) is 21.7 Å². The van der Waals surface area contributed by atoms with Gasteiger partial charge in [0, 0.05) is 42.9 Å². The Hall–Kier alpha value is -2.96. The molecule has 1 saturated carbocycles. The van der Waals surface area contributed by atoms with E-state index in [-0.39, 0.29) is 11.7 Å². The van der Waals surface area contributed by atoms with Crippen LogP contribution in [0, 0.1) is 5.41 Å². The Morgan fingerprint density at radius 1 is 1.12 bits per heavy atom. The molecule has 0 bridgehead atoms. The third kappa shape index (κ3) is 3.67. The molecule has 6 rings (SSSR count). The molecule has 7 heteroatoms. The van der Waals surface area contributed by atoms with Gasteiger partial charge in [-0.15, -0.1) is 0 Å². The van der Waals surface area contributed by atoms with E-state index >= 15 is 0 Å². The molecule has 4 aromatic rings. The molecule has 3 heterocycles. The minimum Gasteiger partial charge on any atom is -0.490 e. The second-order valence-electron chi connectivity index (χ2n) is 9.58. The molecule has 2 aromatic carbocycles. The maximum absolute atomic E-state index is 12.5. The average Bonchev–Trinajstić information content (AvgIpc) is 2.77. The van der Waals surface area contributed by atoms with Crippen molar-refractivity contribution in [3.63, 3.8) is 0 Å². The van der Waals surface area contributed by atoms with Gasteiger partial charge in [0.05, 0.1) is 23.2 Å². The van der Waals surface area contributed by atoms with E-state index in [1.165, 1.54) is 10.1 Å². The number of rotatable bonds is 5. The predicted octanol–water partition coefficient (Wildman–Crippen LogP) is 4.22. The van der Waals surface area contributed by atoms with Crippen molar-refractivity contribution >= 4 is 33.3 Å². The normalized spacial score (nSPS) is 17.9. The van der Waals surface area contributed by atoms with Crippen LogP contribution >= 0.6 is 11.6 Å². The van der Waals surface area contributed by atoms with Crippen LogP contribution in [0.1, 0.15) is 18.4 Å². The van der Waals surface area contributed by atoms with Crippen molar-refractivity contribution < 1.29 is 4.74 Å². The number of pyridine rings is 1. The Balaban J connectivity index is 1.04. The maximum Gasteiger partial charge on any atom is 0.259 e. The molecule has 6 nitrogen and oxygen atoms in total. The van der Waals surface area contributed by atoms with Crippen molar-refractivity contribution in [1.29, 1.82) is 0 Å². The van der Waals surface area contributed by atoms with Gasteiger partial charge in [0.25, 0.3) is 5.56 Å². The molecule has 0 atom stereocenters. The van der Waals surface area contributed by atoms with E-state index < -0.39 is 0 Å². The van der Waals surface area contributed by atoms with Gasteiger partial charge in [-0.1, -0.05) is 29.8 Å². The minimum atomic E-state index is -0.0962. The second-order valence-corrected chi connectivity index (χ2v) is 9.97. The molecule has 2 fully saturated rings. The first kappa shape index (κ1) is 20.6. The molecular formula is C26H25ClN4O2. The van der Waals surface area contributed by atoms with Crippen molar-refractivity contribution in [1.82, 2.24) is 19.7 Å². The van der Waals surface area contributed by atoms with Crippen LogP contribution < -0.4 is 10.3 Å². The summed E-state index contributed by atoms with van der Waals surface area (Å²) < 4.78 is 7.77. The van der Waals surface area contributed by atoms with Gasteiger partial charge in [-0.05, 0) is 55.2 Å². The lowest BCUT2D eigenvalue weighted by Crippen LogP contribution is -2.64. The van der Waals surface area contributed by atoms with Crippen LogP contribution in [-0.4, -0.2) is 45.4 Å². The molecule has 1 spiro atoms. The van der Waals surface area contributed by atoms with E-state index in [0.717, 1.165) is 60.9 Å². The van der Waals surface area contributed by atoms with Crippen molar-refractivity contribution in [2.75, 3.05) is 19.6 Å². The first-order valence-electron chi connectivity index (χ1n) is 11.4. The van der Waals surface area contributed by atoms with Crippen LogP contribution in [0.2, 0.25) is 5.15 Å². The molecule has 2 aromatic heterocycles. The van der Waals surface area contributed by atoms with E-state index in [0.29, 0.717) is 16.0 Å². The fourth-order valence-corrected chi connectivity index (χ4v) is 5.62. The summed E-state index contributed by atoms with van der Waals surface area (Å²) in [6, 6.07) is 15.9. The van der Waals surface area contributed by atoms with Crippen molar-refractivity contribution in [3.05, 3.63) is 75.8 Å². The van der Waals surface area contributed by atoms with Crippen molar-refractivity contribution in [2.24, 2.45) is 12.5 Å². The van der Waals surface area contributed by atoms with E-state index in [1.807, 2.05) is 30.3 Å². The molecule has 33 heavy (non-hydrogen) atoms. The molecule has 168 valence electrons. The minimum absolute atomic E-state index is 0.0962. The fraction of sp³-hybridized carbons (Fsp3) is 0.346. The van der Waals surface area contributed by atoms with E-state index in [4.69, 9.17) is 16.3 Å². The number of nitrogens with zero attached hydrogens (tertiary/aromatic N) is 4. The Kier molecular flexibility index (Phi) is 4.89. The molecule has 0 radical (unpaired) electrons. The standard InChI is InChI=1S/C26H25ClN4O2/c1-30-24(27)12-21-20(25(30)32)3-2-4-23(21)33-19-13-26(14-19)15-31(16-26)10-8-17-5-6-18-7-9-28-29-22(18)11-17/h2-7,9,11-12,19H,8,10,13-16H2,1H3.